The van der Waals surface area contributed by atoms with E-state index in [2.05, 4.69) is 0 Å². The Morgan fingerprint density at radius 3 is 2.00 bits per heavy atom. The van der Waals surface area contributed by atoms with Gasteiger partial charge in [-0.15, -0.1) is 0 Å². The van der Waals surface area contributed by atoms with Gasteiger partial charge in [-0.05, 0) is 31.8 Å². The molecule has 0 bridgehead atoms. The van der Waals surface area contributed by atoms with Crippen LogP contribution in [0.15, 0.2) is 29.2 Å². The summed E-state index contributed by atoms with van der Waals surface area (Å²) in [4.78, 5) is 13.2. The molecule has 6 heteroatoms. The zero-order valence-electron chi connectivity index (χ0n) is 10.0. The molecule has 0 radical (unpaired) electrons. The topological polar surface area (TPSA) is 80.5 Å². The number of nitrogens with two attached hydrogens (primary N) is 1. The van der Waals surface area contributed by atoms with Crippen molar-refractivity contribution in [3.8, 4) is 0 Å². The average molecular weight is 256 g/mol. The third-order valence-corrected chi connectivity index (χ3v) is 3.54. The Labute approximate surface area is 101 Å². The molecule has 0 aromatic heterocycles. The molecular formula is C11H16N2O3S. The van der Waals surface area contributed by atoms with Crippen LogP contribution in [-0.4, -0.2) is 39.6 Å². The number of benzene rings is 1. The first-order valence-electron chi connectivity index (χ1n) is 4.99. The molecule has 94 valence electrons. The third kappa shape index (κ3) is 3.28. The highest BCUT2D eigenvalue weighted by atomic mass is 32.2. The van der Waals surface area contributed by atoms with Crippen molar-refractivity contribution in [1.82, 2.24) is 4.90 Å². The van der Waals surface area contributed by atoms with Crippen molar-refractivity contribution in [3.05, 3.63) is 29.8 Å². The molecule has 0 saturated heterocycles. The number of hydrogen-bond acceptors (Lipinski definition) is 4. The Hall–Kier alpha value is -1.40. The zero-order chi connectivity index (χ0) is 13.2. The predicted molar refractivity (Wildman–Crippen MR) is 65.2 cm³/mol. The molecule has 17 heavy (non-hydrogen) atoms. The molecule has 0 aliphatic carbocycles. The summed E-state index contributed by atoms with van der Waals surface area (Å²) < 4.78 is 22.6. The summed E-state index contributed by atoms with van der Waals surface area (Å²) in [6, 6.07) is 5.61. The minimum atomic E-state index is -3.22. The zero-order valence-corrected chi connectivity index (χ0v) is 10.9. The largest absolute Gasteiger partial charge is 0.368 e. The lowest BCUT2D eigenvalue weighted by Gasteiger charge is -2.21. The molecule has 1 aromatic rings. The van der Waals surface area contributed by atoms with Crippen molar-refractivity contribution >= 4 is 15.7 Å². The van der Waals surface area contributed by atoms with E-state index in [1.807, 2.05) is 0 Å². The van der Waals surface area contributed by atoms with Gasteiger partial charge in [-0.2, -0.15) is 0 Å². The lowest BCUT2D eigenvalue weighted by atomic mass is 10.1. The fourth-order valence-electron chi connectivity index (χ4n) is 1.61. The number of hydrogen-bond donors (Lipinski definition) is 1. The van der Waals surface area contributed by atoms with Crippen LogP contribution >= 0.6 is 0 Å². The highest BCUT2D eigenvalue weighted by Gasteiger charge is 2.20. The number of primary amides is 1. The quantitative estimate of drug-likeness (QED) is 0.833. The van der Waals surface area contributed by atoms with E-state index in [1.165, 1.54) is 12.1 Å². The number of carbonyl (C=O) groups is 1. The first-order chi connectivity index (χ1) is 7.73. The molecule has 1 unspecified atom stereocenters. The molecular weight excluding hydrogens is 240 g/mol. The van der Waals surface area contributed by atoms with Crippen molar-refractivity contribution in [1.29, 1.82) is 0 Å². The molecule has 1 rings (SSSR count). The third-order valence-electron chi connectivity index (χ3n) is 2.41. The van der Waals surface area contributed by atoms with E-state index in [4.69, 9.17) is 5.73 Å². The second kappa shape index (κ2) is 4.85. The van der Waals surface area contributed by atoms with Crippen molar-refractivity contribution in [2.45, 2.75) is 10.9 Å². The van der Waals surface area contributed by atoms with Crippen LogP contribution in [-0.2, 0) is 14.6 Å². The summed E-state index contributed by atoms with van der Waals surface area (Å²) in [5, 5.41) is 0. The Bertz CT molecular complexity index is 506. The van der Waals surface area contributed by atoms with E-state index in [0.29, 0.717) is 5.56 Å². The molecule has 1 aromatic carbocycles. The molecule has 0 heterocycles. The van der Waals surface area contributed by atoms with E-state index in [1.54, 1.807) is 31.1 Å². The maximum atomic E-state index is 11.3. The lowest BCUT2D eigenvalue weighted by molar-refractivity contribution is -0.122. The number of likely N-dealkylation sites (N-methyl/N-ethyl adjacent to an activating group) is 1. The highest BCUT2D eigenvalue weighted by molar-refractivity contribution is 7.90. The fraction of sp³-hybridized carbons (Fsp3) is 0.364. The van der Waals surface area contributed by atoms with Crippen molar-refractivity contribution in [2.24, 2.45) is 5.73 Å². The number of amides is 1. The summed E-state index contributed by atoms with van der Waals surface area (Å²) in [5.41, 5.74) is 5.97. The van der Waals surface area contributed by atoms with Crippen LogP contribution in [0.5, 0.6) is 0 Å². The van der Waals surface area contributed by atoms with Crippen molar-refractivity contribution < 1.29 is 13.2 Å². The monoisotopic (exact) mass is 256 g/mol. The summed E-state index contributed by atoms with van der Waals surface area (Å²) in [7, 11) is 0.256. The summed E-state index contributed by atoms with van der Waals surface area (Å²) in [6.45, 7) is 0. The molecule has 0 spiro atoms. The molecule has 5 nitrogen and oxygen atoms in total. The van der Waals surface area contributed by atoms with Gasteiger partial charge in [0, 0.05) is 6.26 Å². The molecule has 1 amide bonds. The van der Waals surface area contributed by atoms with E-state index >= 15 is 0 Å². The smallest absolute Gasteiger partial charge is 0.239 e. The van der Waals surface area contributed by atoms with Crippen molar-refractivity contribution in [2.75, 3.05) is 20.4 Å². The Morgan fingerprint density at radius 2 is 1.71 bits per heavy atom. The van der Waals surface area contributed by atoms with Gasteiger partial charge in [0.1, 0.15) is 6.04 Å². The van der Waals surface area contributed by atoms with Gasteiger partial charge >= 0.3 is 0 Å². The molecule has 1 atom stereocenters. The second-order valence-corrected chi connectivity index (χ2v) is 6.13. The maximum absolute atomic E-state index is 11.3. The van der Waals surface area contributed by atoms with E-state index in [0.717, 1.165) is 6.26 Å². The normalized spacial score (nSPS) is 13.6. The summed E-state index contributed by atoms with van der Waals surface area (Å²) in [6.07, 6.45) is 1.14. The van der Waals surface area contributed by atoms with Crippen LogP contribution in [0, 0.1) is 0 Å². The lowest BCUT2D eigenvalue weighted by Crippen LogP contribution is -2.32. The van der Waals surface area contributed by atoms with E-state index in [9.17, 15) is 13.2 Å². The van der Waals surface area contributed by atoms with Gasteiger partial charge < -0.3 is 5.73 Å². The predicted octanol–water partition coefficient (Wildman–Crippen LogP) is 0.178. The number of rotatable bonds is 4. The minimum absolute atomic E-state index is 0.225. The van der Waals surface area contributed by atoms with Gasteiger partial charge in [-0.1, -0.05) is 12.1 Å². The summed E-state index contributed by atoms with van der Waals surface area (Å²) >= 11 is 0. The average Bonchev–Trinajstić information content (AvgIpc) is 2.15. The van der Waals surface area contributed by atoms with Crippen LogP contribution in [0.25, 0.3) is 0 Å². The first kappa shape index (κ1) is 13.7. The highest BCUT2D eigenvalue weighted by Crippen LogP contribution is 2.19. The second-order valence-electron chi connectivity index (χ2n) is 4.11. The van der Waals surface area contributed by atoms with Crippen LogP contribution < -0.4 is 5.73 Å². The van der Waals surface area contributed by atoms with Crippen molar-refractivity contribution in [3.63, 3.8) is 0 Å². The van der Waals surface area contributed by atoms with E-state index < -0.39 is 21.8 Å². The van der Waals surface area contributed by atoms with Gasteiger partial charge in [-0.25, -0.2) is 8.42 Å². The van der Waals surface area contributed by atoms with Gasteiger partial charge in [0.05, 0.1) is 4.90 Å². The van der Waals surface area contributed by atoms with Gasteiger partial charge in [0.2, 0.25) is 5.91 Å². The van der Waals surface area contributed by atoms with Crippen LogP contribution in [0.1, 0.15) is 11.6 Å². The molecule has 0 fully saturated rings. The molecule has 0 saturated carbocycles. The number of nitrogens with zero attached hydrogens (tertiary/aromatic N) is 1. The van der Waals surface area contributed by atoms with Gasteiger partial charge in [0.15, 0.2) is 9.84 Å². The Kier molecular flexibility index (Phi) is 3.90. The maximum Gasteiger partial charge on any atom is 0.239 e. The Balaban J connectivity index is 3.13. The summed E-state index contributed by atoms with van der Waals surface area (Å²) in [5.74, 6) is -0.470. The van der Waals surface area contributed by atoms with Crippen LogP contribution in [0.2, 0.25) is 0 Å². The minimum Gasteiger partial charge on any atom is -0.368 e. The standard InChI is InChI=1S/C11H16N2O3S/c1-13(2)10(11(12)14)8-4-6-9(7-5-8)17(3,15)16/h4-7,10H,1-3H3,(H2,12,14). The van der Waals surface area contributed by atoms with Gasteiger partial charge in [-0.3, -0.25) is 9.69 Å². The van der Waals surface area contributed by atoms with Crippen LogP contribution in [0.3, 0.4) is 0 Å². The molecule has 0 aliphatic heterocycles. The van der Waals surface area contributed by atoms with Crippen LogP contribution in [0.4, 0.5) is 0 Å². The Morgan fingerprint density at radius 1 is 1.24 bits per heavy atom. The molecule has 0 aliphatic rings. The fourth-order valence-corrected chi connectivity index (χ4v) is 2.24. The number of sulfone groups is 1. The number of carbonyl (C=O) groups excluding carboxylic acids is 1. The van der Waals surface area contributed by atoms with Gasteiger partial charge in [0.25, 0.3) is 0 Å². The molecule has 2 N–H and O–H groups in total. The van der Waals surface area contributed by atoms with E-state index in [-0.39, 0.29) is 4.90 Å². The first-order valence-corrected chi connectivity index (χ1v) is 6.88. The SMILES string of the molecule is CN(C)C(C(N)=O)c1ccc(S(C)(=O)=O)cc1.